The minimum atomic E-state index is 0.0409. The highest BCUT2D eigenvalue weighted by Crippen LogP contribution is 2.27. The van der Waals surface area contributed by atoms with Gasteiger partial charge in [-0.15, -0.1) is 11.8 Å². The van der Waals surface area contributed by atoms with Gasteiger partial charge in [-0.25, -0.2) is 0 Å². The molecule has 0 aliphatic carbocycles. The first kappa shape index (κ1) is 14.2. The fourth-order valence-electron chi connectivity index (χ4n) is 2.52. The molecule has 2 heterocycles. The molecule has 0 N–H and O–H groups in total. The van der Waals surface area contributed by atoms with Crippen LogP contribution >= 0.6 is 11.8 Å². The normalized spacial score (nSPS) is 19.0. The van der Waals surface area contributed by atoms with Crippen LogP contribution in [0.25, 0.3) is 0 Å². The van der Waals surface area contributed by atoms with E-state index in [0.717, 1.165) is 30.8 Å². The Morgan fingerprint density at radius 2 is 2.14 bits per heavy atom. The van der Waals surface area contributed by atoms with Crippen molar-refractivity contribution in [2.24, 2.45) is 0 Å². The fraction of sp³-hybridized carbons (Fsp3) is 0.375. The molecule has 110 valence electrons. The van der Waals surface area contributed by atoms with Gasteiger partial charge in [0.15, 0.2) is 0 Å². The molecule has 1 fully saturated rings. The number of hydrogen-bond acceptors (Lipinski definition) is 4. The maximum atomic E-state index is 12.6. The van der Waals surface area contributed by atoms with Crippen molar-refractivity contribution in [3.05, 3.63) is 53.9 Å². The number of carbonyl (C=O) groups excluding carboxylic acids is 1. The zero-order chi connectivity index (χ0) is 14.5. The summed E-state index contributed by atoms with van der Waals surface area (Å²) in [5.41, 5.74) is 2.08. The molecule has 1 atom stereocenters. The monoisotopic (exact) mass is 302 g/mol. The predicted octanol–water partition coefficient (Wildman–Crippen LogP) is 3.10. The highest BCUT2D eigenvalue weighted by molar-refractivity contribution is 7.99. The lowest BCUT2D eigenvalue weighted by atomic mass is 10.1. The van der Waals surface area contributed by atoms with Gasteiger partial charge in [-0.1, -0.05) is 35.5 Å². The van der Waals surface area contributed by atoms with Crippen LogP contribution < -0.4 is 0 Å². The number of carbonyl (C=O) groups is 1. The molecule has 3 rings (SSSR count). The van der Waals surface area contributed by atoms with Gasteiger partial charge in [0.2, 0.25) is 5.91 Å². The number of amides is 1. The van der Waals surface area contributed by atoms with Crippen LogP contribution in [0.5, 0.6) is 0 Å². The maximum Gasteiger partial charge on any atom is 0.236 e. The van der Waals surface area contributed by atoms with Crippen LogP contribution in [-0.4, -0.2) is 27.8 Å². The van der Waals surface area contributed by atoms with Crippen molar-refractivity contribution in [2.45, 2.75) is 30.4 Å². The molecule has 0 spiro atoms. The molecule has 0 bridgehead atoms. The van der Waals surface area contributed by atoms with Crippen LogP contribution in [0.3, 0.4) is 0 Å². The van der Waals surface area contributed by atoms with E-state index in [1.165, 1.54) is 5.56 Å². The van der Waals surface area contributed by atoms with E-state index in [1.807, 2.05) is 29.2 Å². The molecule has 21 heavy (non-hydrogen) atoms. The maximum absolute atomic E-state index is 12.6. The van der Waals surface area contributed by atoms with Crippen molar-refractivity contribution in [1.29, 1.82) is 0 Å². The summed E-state index contributed by atoms with van der Waals surface area (Å²) >= 11 is 1.66. The molecule has 1 saturated heterocycles. The Hall–Kier alpha value is -1.75. The third-order valence-electron chi connectivity index (χ3n) is 3.62. The van der Waals surface area contributed by atoms with Crippen LogP contribution in [0.1, 0.15) is 24.1 Å². The average Bonchev–Trinajstić information content (AvgIpc) is 3.03. The number of likely N-dealkylation sites (tertiary alicyclic amines) is 1. The third kappa shape index (κ3) is 3.67. The summed E-state index contributed by atoms with van der Waals surface area (Å²) in [6.45, 7) is 1.56. The minimum absolute atomic E-state index is 0.0409. The molecular formula is C16H18N2O2S. The summed E-state index contributed by atoms with van der Waals surface area (Å²) in [7, 11) is 0. The van der Waals surface area contributed by atoms with E-state index in [2.05, 4.69) is 17.3 Å². The SMILES string of the molecule is O=C1[C@@H](SCc2ccon2)CCCN1Cc1ccccc1. The Kier molecular flexibility index (Phi) is 4.60. The van der Waals surface area contributed by atoms with E-state index >= 15 is 0 Å². The van der Waals surface area contributed by atoms with E-state index in [1.54, 1.807) is 18.0 Å². The Morgan fingerprint density at radius 1 is 1.29 bits per heavy atom. The summed E-state index contributed by atoms with van der Waals surface area (Å²) < 4.78 is 4.82. The summed E-state index contributed by atoms with van der Waals surface area (Å²) in [5.74, 6) is 0.977. The number of aromatic nitrogens is 1. The minimum Gasteiger partial charge on any atom is -0.364 e. The van der Waals surface area contributed by atoms with Crippen molar-refractivity contribution in [3.8, 4) is 0 Å². The Balaban J connectivity index is 1.58. The highest BCUT2D eigenvalue weighted by Gasteiger charge is 2.29. The highest BCUT2D eigenvalue weighted by atomic mass is 32.2. The molecule has 1 aromatic heterocycles. The van der Waals surface area contributed by atoms with Gasteiger partial charge < -0.3 is 9.42 Å². The lowest BCUT2D eigenvalue weighted by molar-refractivity contribution is -0.133. The van der Waals surface area contributed by atoms with Gasteiger partial charge in [0.25, 0.3) is 0 Å². The molecule has 1 aromatic carbocycles. The first-order valence-electron chi connectivity index (χ1n) is 7.16. The van der Waals surface area contributed by atoms with Gasteiger partial charge in [-0.05, 0) is 18.4 Å². The van der Waals surface area contributed by atoms with E-state index in [4.69, 9.17) is 4.52 Å². The second kappa shape index (κ2) is 6.80. The first-order chi connectivity index (χ1) is 10.3. The van der Waals surface area contributed by atoms with Gasteiger partial charge in [-0.3, -0.25) is 4.79 Å². The van der Waals surface area contributed by atoms with Crippen molar-refractivity contribution in [3.63, 3.8) is 0 Å². The van der Waals surface area contributed by atoms with E-state index in [-0.39, 0.29) is 11.2 Å². The lowest BCUT2D eigenvalue weighted by Gasteiger charge is -2.32. The number of thioether (sulfide) groups is 1. The van der Waals surface area contributed by atoms with Crippen LogP contribution in [0.2, 0.25) is 0 Å². The number of benzene rings is 1. The predicted molar refractivity (Wildman–Crippen MR) is 82.7 cm³/mol. The van der Waals surface area contributed by atoms with Gasteiger partial charge >= 0.3 is 0 Å². The summed E-state index contributed by atoms with van der Waals surface area (Å²) in [6, 6.07) is 12.0. The molecule has 4 nitrogen and oxygen atoms in total. The number of nitrogens with zero attached hydrogens (tertiary/aromatic N) is 2. The molecular weight excluding hydrogens is 284 g/mol. The standard InChI is InChI=1S/C16H18N2O2S/c19-16-15(21-12-14-8-10-20-17-14)7-4-9-18(16)11-13-5-2-1-3-6-13/h1-3,5-6,8,10,15H,4,7,9,11-12H2/t15-/m0/s1. The van der Waals surface area contributed by atoms with Crippen LogP contribution in [0, 0.1) is 0 Å². The number of piperidine rings is 1. The molecule has 0 saturated carbocycles. The van der Waals surface area contributed by atoms with Gasteiger partial charge in [-0.2, -0.15) is 0 Å². The first-order valence-corrected chi connectivity index (χ1v) is 8.21. The van der Waals surface area contributed by atoms with E-state index in [9.17, 15) is 4.79 Å². The number of rotatable bonds is 5. The van der Waals surface area contributed by atoms with Crippen molar-refractivity contribution in [1.82, 2.24) is 10.1 Å². The quantitative estimate of drug-likeness (QED) is 0.851. The summed E-state index contributed by atoms with van der Waals surface area (Å²) in [6.07, 6.45) is 3.59. The van der Waals surface area contributed by atoms with Crippen LogP contribution in [-0.2, 0) is 17.1 Å². The van der Waals surface area contributed by atoms with Gasteiger partial charge in [0, 0.05) is 24.9 Å². The topological polar surface area (TPSA) is 46.3 Å². The third-order valence-corrected chi connectivity index (χ3v) is 4.92. The van der Waals surface area contributed by atoms with Crippen molar-refractivity contribution >= 4 is 17.7 Å². The Labute approximate surface area is 128 Å². The second-order valence-electron chi connectivity index (χ2n) is 5.18. The van der Waals surface area contributed by atoms with Crippen molar-refractivity contribution < 1.29 is 9.32 Å². The van der Waals surface area contributed by atoms with Crippen LogP contribution in [0.15, 0.2) is 47.2 Å². The fourth-order valence-corrected chi connectivity index (χ4v) is 3.66. The molecule has 0 unspecified atom stereocenters. The zero-order valence-corrected chi connectivity index (χ0v) is 12.6. The lowest BCUT2D eigenvalue weighted by Crippen LogP contribution is -2.42. The Morgan fingerprint density at radius 3 is 2.90 bits per heavy atom. The molecule has 2 aromatic rings. The largest absolute Gasteiger partial charge is 0.364 e. The summed E-state index contributed by atoms with van der Waals surface area (Å²) in [5, 5.41) is 3.93. The van der Waals surface area contributed by atoms with E-state index in [0.29, 0.717) is 6.54 Å². The molecule has 1 amide bonds. The average molecular weight is 302 g/mol. The Bertz CT molecular complexity index is 571. The molecule has 1 aliphatic heterocycles. The summed E-state index contributed by atoms with van der Waals surface area (Å²) in [4.78, 5) is 14.5. The molecule has 5 heteroatoms. The molecule has 1 aliphatic rings. The van der Waals surface area contributed by atoms with Crippen molar-refractivity contribution in [2.75, 3.05) is 6.54 Å². The number of hydrogen-bond donors (Lipinski definition) is 0. The zero-order valence-electron chi connectivity index (χ0n) is 11.8. The smallest absolute Gasteiger partial charge is 0.236 e. The van der Waals surface area contributed by atoms with Crippen LogP contribution in [0.4, 0.5) is 0 Å². The second-order valence-corrected chi connectivity index (χ2v) is 6.37. The van der Waals surface area contributed by atoms with Gasteiger partial charge in [0.1, 0.15) is 6.26 Å². The van der Waals surface area contributed by atoms with E-state index < -0.39 is 0 Å². The molecule has 0 radical (unpaired) electrons. The van der Waals surface area contributed by atoms with Gasteiger partial charge in [0.05, 0.1) is 10.9 Å².